The van der Waals surface area contributed by atoms with Crippen molar-refractivity contribution in [1.82, 2.24) is 20.1 Å². The van der Waals surface area contributed by atoms with Gasteiger partial charge in [0.2, 0.25) is 0 Å². The molecule has 0 radical (unpaired) electrons. The van der Waals surface area contributed by atoms with E-state index in [2.05, 4.69) is 15.5 Å². The average Bonchev–Trinajstić information content (AvgIpc) is 2.97. The van der Waals surface area contributed by atoms with Crippen molar-refractivity contribution in [3.05, 3.63) is 41.2 Å². The number of carbonyl (C=O) groups excluding carboxylic acids is 1. The van der Waals surface area contributed by atoms with E-state index in [0.29, 0.717) is 31.8 Å². The Kier molecular flexibility index (Phi) is 5.48. The van der Waals surface area contributed by atoms with E-state index in [-0.39, 0.29) is 29.9 Å². The molecule has 3 rings (SSSR count). The lowest BCUT2D eigenvalue weighted by Crippen LogP contribution is -2.44. The summed E-state index contributed by atoms with van der Waals surface area (Å²) in [7, 11) is 1.60. The summed E-state index contributed by atoms with van der Waals surface area (Å²) in [4.78, 5) is 12.2. The van der Waals surface area contributed by atoms with Gasteiger partial charge >= 0.3 is 0 Å². The molecule has 140 valence electrons. The van der Waals surface area contributed by atoms with E-state index in [1.54, 1.807) is 7.11 Å². The number of carbonyl (C=O) groups is 1. The van der Waals surface area contributed by atoms with E-state index >= 15 is 0 Å². The normalized spacial score (nSPS) is 19.2. The number of phenolic OH excluding ortho intramolecular Hbond substituents is 1. The summed E-state index contributed by atoms with van der Waals surface area (Å²) in [5, 5.41) is 30.0. The smallest absolute Gasteiger partial charge is 0.255 e. The van der Waals surface area contributed by atoms with Gasteiger partial charge < -0.3 is 24.8 Å². The molecule has 1 saturated carbocycles. The Labute approximate surface area is 149 Å². The standard InChI is InChI=1S/C17H21FN4O4/c1-26-5-4-22-15(9-23)20-21-16(22)10-6-12(7-10)19-17(25)13-3-2-11(18)8-14(13)24/h2-3,8,10,12,23-24H,4-7,9H2,1H3,(H,19,25). The summed E-state index contributed by atoms with van der Waals surface area (Å²) in [6, 6.07) is 3.23. The molecule has 1 aliphatic rings. The predicted molar refractivity (Wildman–Crippen MR) is 89.1 cm³/mol. The van der Waals surface area contributed by atoms with Crippen LogP contribution in [0, 0.1) is 5.82 Å². The van der Waals surface area contributed by atoms with Crippen LogP contribution in [0.25, 0.3) is 0 Å². The molecule has 0 unspecified atom stereocenters. The number of ether oxygens (including phenoxy) is 1. The number of aromatic nitrogens is 3. The molecule has 26 heavy (non-hydrogen) atoms. The maximum absolute atomic E-state index is 13.0. The Bertz CT molecular complexity index is 789. The van der Waals surface area contributed by atoms with Gasteiger partial charge in [0.25, 0.3) is 5.91 Å². The van der Waals surface area contributed by atoms with Crippen molar-refractivity contribution < 1.29 is 24.1 Å². The first kappa shape index (κ1) is 18.3. The number of amides is 1. The Morgan fingerprint density at radius 2 is 2.19 bits per heavy atom. The number of nitrogens with one attached hydrogen (secondary N) is 1. The number of benzene rings is 1. The van der Waals surface area contributed by atoms with Crippen LogP contribution in [-0.2, 0) is 17.9 Å². The number of phenols is 1. The number of methoxy groups -OCH3 is 1. The van der Waals surface area contributed by atoms with E-state index < -0.39 is 11.7 Å². The highest BCUT2D eigenvalue weighted by molar-refractivity contribution is 5.97. The zero-order valence-corrected chi connectivity index (χ0v) is 14.4. The van der Waals surface area contributed by atoms with E-state index in [9.17, 15) is 19.4 Å². The summed E-state index contributed by atoms with van der Waals surface area (Å²) in [5.74, 6) is -0.0558. The summed E-state index contributed by atoms with van der Waals surface area (Å²) in [6.07, 6.45) is 1.34. The van der Waals surface area contributed by atoms with Crippen LogP contribution in [-0.4, -0.2) is 50.6 Å². The molecule has 0 spiro atoms. The first-order valence-electron chi connectivity index (χ1n) is 8.34. The topological polar surface area (TPSA) is 110 Å². The molecule has 1 fully saturated rings. The van der Waals surface area contributed by atoms with E-state index in [0.717, 1.165) is 18.0 Å². The number of halogens is 1. The Morgan fingerprint density at radius 1 is 1.42 bits per heavy atom. The highest BCUT2D eigenvalue weighted by Gasteiger charge is 2.35. The van der Waals surface area contributed by atoms with Gasteiger partial charge in [0, 0.05) is 31.7 Å². The number of rotatable bonds is 7. The number of aromatic hydroxyl groups is 1. The third kappa shape index (κ3) is 3.68. The van der Waals surface area contributed by atoms with E-state index in [4.69, 9.17) is 4.74 Å². The van der Waals surface area contributed by atoms with Crippen LogP contribution in [0.2, 0.25) is 0 Å². The molecule has 2 aromatic rings. The van der Waals surface area contributed by atoms with Crippen LogP contribution in [0.3, 0.4) is 0 Å². The zero-order valence-electron chi connectivity index (χ0n) is 14.4. The zero-order chi connectivity index (χ0) is 18.7. The quantitative estimate of drug-likeness (QED) is 0.675. The molecule has 1 amide bonds. The Hall–Kier alpha value is -2.52. The number of aliphatic hydroxyl groups is 1. The molecule has 0 bridgehead atoms. The van der Waals surface area contributed by atoms with E-state index in [1.165, 1.54) is 6.07 Å². The second-order valence-electron chi connectivity index (χ2n) is 6.28. The molecule has 1 heterocycles. The average molecular weight is 364 g/mol. The molecular weight excluding hydrogens is 343 g/mol. The van der Waals surface area contributed by atoms with Gasteiger partial charge in [-0.25, -0.2) is 4.39 Å². The first-order chi connectivity index (χ1) is 12.5. The van der Waals surface area contributed by atoms with Gasteiger partial charge in [-0.3, -0.25) is 4.79 Å². The summed E-state index contributed by atoms with van der Waals surface area (Å²) in [5.41, 5.74) is 0.0423. The minimum Gasteiger partial charge on any atom is -0.507 e. The molecule has 8 nitrogen and oxygen atoms in total. The maximum atomic E-state index is 13.0. The Morgan fingerprint density at radius 3 is 2.85 bits per heavy atom. The fourth-order valence-corrected chi connectivity index (χ4v) is 3.10. The van der Waals surface area contributed by atoms with Crippen molar-refractivity contribution in [2.24, 2.45) is 0 Å². The fraction of sp³-hybridized carbons (Fsp3) is 0.471. The number of hydrogen-bond acceptors (Lipinski definition) is 6. The number of aliphatic hydroxyl groups excluding tert-OH is 1. The lowest BCUT2D eigenvalue weighted by molar-refractivity contribution is 0.0903. The third-order valence-corrected chi connectivity index (χ3v) is 4.56. The predicted octanol–water partition coefficient (Wildman–Crippen LogP) is 0.937. The van der Waals surface area contributed by atoms with Crippen molar-refractivity contribution in [1.29, 1.82) is 0 Å². The molecular formula is C17H21FN4O4. The van der Waals surface area contributed by atoms with Crippen LogP contribution in [0.4, 0.5) is 4.39 Å². The second kappa shape index (κ2) is 7.79. The highest BCUT2D eigenvalue weighted by atomic mass is 19.1. The summed E-state index contributed by atoms with van der Waals surface area (Å²) < 4.78 is 19.9. The van der Waals surface area contributed by atoms with Crippen molar-refractivity contribution >= 4 is 5.91 Å². The van der Waals surface area contributed by atoms with Gasteiger partial charge in [0.1, 0.15) is 24.0 Å². The minimum absolute atomic E-state index is 0.0423. The molecule has 0 atom stereocenters. The van der Waals surface area contributed by atoms with Gasteiger partial charge in [0.15, 0.2) is 5.82 Å². The van der Waals surface area contributed by atoms with E-state index in [1.807, 2.05) is 4.57 Å². The summed E-state index contributed by atoms with van der Waals surface area (Å²) >= 11 is 0. The van der Waals surface area contributed by atoms with Crippen LogP contribution < -0.4 is 5.32 Å². The van der Waals surface area contributed by atoms with Crippen molar-refractivity contribution in [3.63, 3.8) is 0 Å². The number of nitrogens with zero attached hydrogens (tertiary/aromatic N) is 3. The van der Waals surface area contributed by atoms with Gasteiger partial charge in [-0.1, -0.05) is 0 Å². The molecule has 1 aromatic carbocycles. The lowest BCUT2D eigenvalue weighted by atomic mass is 9.79. The van der Waals surface area contributed by atoms with Gasteiger partial charge in [-0.05, 0) is 25.0 Å². The largest absolute Gasteiger partial charge is 0.507 e. The van der Waals surface area contributed by atoms with Crippen LogP contribution >= 0.6 is 0 Å². The fourth-order valence-electron chi connectivity index (χ4n) is 3.10. The van der Waals surface area contributed by atoms with Gasteiger partial charge in [-0.15, -0.1) is 10.2 Å². The molecule has 0 aliphatic heterocycles. The van der Waals surface area contributed by atoms with Crippen molar-refractivity contribution in [2.45, 2.75) is 38.0 Å². The van der Waals surface area contributed by atoms with Crippen LogP contribution in [0.1, 0.15) is 40.8 Å². The maximum Gasteiger partial charge on any atom is 0.255 e. The molecule has 3 N–H and O–H groups in total. The molecule has 1 aromatic heterocycles. The monoisotopic (exact) mass is 364 g/mol. The highest BCUT2D eigenvalue weighted by Crippen LogP contribution is 2.36. The Balaban J connectivity index is 1.60. The SMILES string of the molecule is COCCn1c(CO)nnc1C1CC(NC(=O)c2ccc(F)cc2O)C1. The minimum atomic E-state index is -0.599. The summed E-state index contributed by atoms with van der Waals surface area (Å²) in [6.45, 7) is 0.827. The third-order valence-electron chi connectivity index (χ3n) is 4.56. The first-order valence-corrected chi connectivity index (χ1v) is 8.34. The van der Waals surface area contributed by atoms with Crippen LogP contribution in [0.15, 0.2) is 18.2 Å². The lowest BCUT2D eigenvalue weighted by Gasteiger charge is -2.35. The molecule has 9 heteroatoms. The second-order valence-corrected chi connectivity index (χ2v) is 6.28. The van der Waals surface area contributed by atoms with Crippen LogP contribution in [0.5, 0.6) is 5.75 Å². The van der Waals surface area contributed by atoms with Gasteiger partial charge in [0.05, 0.1) is 12.2 Å². The van der Waals surface area contributed by atoms with Gasteiger partial charge in [-0.2, -0.15) is 0 Å². The molecule has 0 saturated heterocycles. The van der Waals surface area contributed by atoms with Crippen molar-refractivity contribution in [3.8, 4) is 5.75 Å². The van der Waals surface area contributed by atoms with Crippen molar-refractivity contribution in [2.75, 3.05) is 13.7 Å². The number of hydrogen-bond donors (Lipinski definition) is 3. The molecule has 1 aliphatic carbocycles.